The third-order valence-corrected chi connectivity index (χ3v) is 7.19. The second-order valence-electron chi connectivity index (χ2n) is 10.2. The van der Waals surface area contributed by atoms with E-state index in [1.807, 2.05) is 25.1 Å². The van der Waals surface area contributed by atoms with Gasteiger partial charge in [0.05, 0.1) is 0 Å². The largest absolute Gasteiger partial charge is 0.483 e. The highest BCUT2D eigenvalue weighted by molar-refractivity contribution is 5.83. The summed E-state index contributed by atoms with van der Waals surface area (Å²) in [5, 5.41) is 0. The Hall–Kier alpha value is -2.04. The van der Waals surface area contributed by atoms with Gasteiger partial charge < -0.3 is 4.74 Å². The summed E-state index contributed by atoms with van der Waals surface area (Å²) in [6, 6.07) is 6.04. The van der Waals surface area contributed by atoms with Gasteiger partial charge in [-0.3, -0.25) is 20.4 Å². The molecule has 1 aromatic carbocycles. The number of nitrogens with one attached hydrogen (secondary N) is 2. The molecule has 158 valence electrons. The number of carbonyl (C=O) groups is 2. The topological polar surface area (TPSA) is 67.4 Å². The zero-order valence-corrected chi connectivity index (χ0v) is 17.9. The fourth-order valence-corrected chi connectivity index (χ4v) is 6.45. The zero-order valence-electron chi connectivity index (χ0n) is 17.9. The van der Waals surface area contributed by atoms with Gasteiger partial charge >= 0.3 is 0 Å². The van der Waals surface area contributed by atoms with Crippen molar-refractivity contribution < 1.29 is 14.3 Å². The van der Waals surface area contributed by atoms with Crippen molar-refractivity contribution in [3.8, 4) is 5.75 Å². The molecule has 4 saturated carbocycles. The average molecular weight is 399 g/mol. The summed E-state index contributed by atoms with van der Waals surface area (Å²) in [6.45, 7) is 6.09. The van der Waals surface area contributed by atoms with E-state index in [0.29, 0.717) is 12.3 Å². The van der Waals surface area contributed by atoms with Crippen LogP contribution in [0.15, 0.2) is 18.2 Å². The Morgan fingerprint density at radius 1 is 1.03 bits per heavy atom. The quantitative estimate of drug-likeness (QED) is 0.704. The van der Waals surface area contributed by atoms with Crippen LogP contribution in [0.5, 0.6) is 5.75 Å². The van der Waals surface area contributed by atoms with Crippen LogP contribution in [-0.4, -0.2) is 18.4 Å². The second kappa shape index (κ2) is 8.00. The van der Waals surface area contributed by atoms with Gasteiger partial charge in [-0.1, -0.05) is 26.0 Å². The number of hydrogen-bond acceptors (Lipinski definition) is 3. The average Bonchev–Trinajstić information content (AvgIpc) is 2.63. The Morgan fingerprint density at radius 3 is 2.21 bits per heavy atom. The van der Waals surface area contributed by atoms with Gasteiger partial charge in [0.2, 0.25) is 5.91 Å². The molecule has 4 fully saturated rings. The van der Waals surface area contributed by atoms with E-state index < -0.39 is 0 Å². The lowest BCUT2D eigenvalue weighted by molar-refractivity contribution is -0.134. The van der Waals surface area contributed by atoms with E-state index in [-0.39, 0.29) is 23.8 Å². The number of hydrogen-bond donors (Lipinski definition) is 2. The Morgan fingerprint density at radius 2 is 1.62 bits per heavy atom. The van der Waals surface area contributed by atoms with Gasteiger partial charge in [-0.2, -0.15) is 0 Å². The highest BCUT2D eigenvalue weighted by atomic mass is 16.5. The SMILES string of the molecule is Cc1ccc(C(C)C)c(OCC(=O)NNC(=O)CC23CC4CC(CC(C4)C2)C3)c1. The van der Waals surface area contributed by atoms with E-state index in [4.69, 9.17) is 4.74 Å². The van der Waals surface area contributed by atoms with Gasteiger partial charge in [-0.25, -0.2) is 0 Å². The van der Waals surface area contributed by atoms with E-state index in [1.165, 1.54) is 38.5 Å². The molecule has 0 unspecified atom stereocenters. The Labute approximate surface area is 173 Å². The van der Waals surface area contributed by atoms with Gasteiger partial charge in [-0.15, -0.1) is 0 Å². The summed E-state index contributed by atoms with van der Waals surface area (Å²) in [7, 11) is 0. The van der Waals surface area contributed by atoms with Crippen LogP contribution in [0.2, 0.25) is 0 Å². The standard InChI is InChI=1S/C24H34N2O3/c1-15(2)20-5-4-16(3)6-21(20)29-14-23(28)26-25-22(27)13-24-10-17-7-18(11-24)9-19(8-17)12-24/h4-6,15,17-19H,7-14H2,1-3H3,(H,25,27)(H,26,28). The molecule has 5 heteroatoms. The summed E-state index contributed by atoms with van der Waals surface area (Å²) in [4.78, 5) is 24.7. The predicted molar refractivity (Wildman–Crippen MR) is 112 cm³/mol. The fourth-order valence-electron chi connectivity index (χ4n) is 6.45. The highest BCUT2D eigenvalue weighted by Gasteiger charge is 2.51. The van der Waals surface area contributed by atoms with Crippen molar-refractivity contribution >= 4 is 11.8 Å². The van der Waals surface area contributed by atoms with Crippen LogP contribution in [0.1, 0.15) is 75.8 Å². The van der Waals surface area contributed by atoms with Crippen LogP contribution < -0.4 is 15.6 Å². The Bertz CT molecular complexity index is 751. The predicted octanol–water partition coefficient (Wildman–Crippen LogP) is 4.25. The first-order valence-corrected chi connectivity index (χ1v) is 11.1. The normalized spacial score (nSPS) is 29.7. The molecule has 0 aliphatic heterocycles. The zero-order chi connectivity index (χ0) is 20.6. The molecular formula is C24H34N2O3. The molecule has 2 amide bonds. The third-order valence-electron chi connectivity index (χ3n) is 7.19. The smallest absolute Gasteiger partial charge is 0.276 e. The summed E-state index contributed by atoms with van der Waals surface area (Å²) in [6.07, 6.45) is 8.20. The molecule has 0 saturated heterocycles. The van der Waals surface area contributed by atoms with E-state index in [0.717, 1.165) is 34.6 Å². The molecule has 2 N–H and O–H groups in total. The number of rotatable bonds is 6. The van der Waals surface area contributed by atoms with E-state index >= 15 is 0 Å². The van der Waals surface area contributed by atoms with Gasteiger partial charge in [-0.05, 0) is 91.7 Å². The van der Waals surface area contributed by atoms with E-state index in [2.05, 4.69) is 24.7 Å². The van der Waals surface area contributed by atoms with Crippen LogP contribution in [0, 0.1) is 30.1 Å². The van der Waals surface area contributed by atoms with Crippen molar-refractivity contribution in [3.63, 3.8) is 0 Å². The van der Waals surface area contributed by atoms with Crippen molar-refractivity contribution in [2.75, 3.05) is 6.61 Å². The first-order valence-electron chi connectivity index (χ1n) is 11.1. The number of carbonyl (C=O) groups excluding carboxylic acids is 2. The molecule has 4 aliphatic carbocycles. The number of hydrazine groups is 1. The van der Waals surface area contributed by atoms with Crippen molar-refractivity contribution in [2.24, 2.45) is 23.2 Å². The van der Waals surface area contributed by atoms with E-state index in [9.17, 15) is 9.59 Å². The van der Waals surface area contributed by atoms with E-state index in [1.54, 1.807) is 0 Å². The molecule has 5 rings (SSSR count). The minimum Gasteiger partial charge on any atom is -0.483 e. The molecule has 29 heavy (non-hydrogen) atoms. The number of benzene rings is 1. The molecule has 0 radical (unpaired) electrons. The lowest BCUT2D eigenvalue weighted by Crippen LogP contribution is -2.50. The molecule has 0 spiro atoms. The maximum absolute atomic E-state index is 12.5. The molecule has 5 nitrogen and oxygen atoms in total. The minimum absolute atomic E-state index is 0.0706. The molecule has 4 aliphatic rings. The van der Waals surface area contributed by atoms with Crippen LogP contribution in [0.25, 0.3) is 0 Å². The molecule has 4 bridgehead atoms. The number of amides is 2. The van der Waals surface area contributed by atoms with Gasteiger partial charge in [0.25, 0.3) is 5.91 Å². The fraction of sp³-hybridized carbons (Fsp3) is 0.667. The minimum atomic E-state index is -0.333. The summed E-state index contributed by atoms with van der Waals surface area (Å²) in [5.74, 6) is 3.10. The van der Waals surface area contributed by atoms with Gasteiger partial charge in [0, 0.05) is 6.42 Å². The maximum Gasteiger partial charge on any atom is 0.276 e. The molecular weight excluding hydrogens is 364 g/mol. The summed E-state index contributed by atoms with van der Waals surface area (Å²) in [5.41, 5.74) is 7.50. The third kappa shape index (κ3) is 4.59. The first kappa shape index (κ1) is 20.2. The van der Waals surface area contributed by atoms with Crippen molar-refractivity contribution in [3.05, 3.63) is 29.3 Å². The van der Waals surface area contributed by atoms with Gasteiger partial charge in [0.15, 0.2) is 6.61 Å². The van der Waals surface area contributed by atoms with Crippen molar-refractivity contribution in [2.45, 2.75) is 71.6 Å². The summed E-state index contributed by atoms with van der Waals surface area (Å²) >= 11 is 0. The lowest BCUT2D eigenvalue weighted by Gasteiger charge is -2.56. The van der Waals surface area contributed by atoms with Crippen molar-refractivity contribution in [1.29, 1.82) is 0 Å². The van der Waals surface area contributed by atoms with Crippen LogP contribution >= 0.6 is 0 Å². The van der Waals surface area contributed by atoms with Gasteiger partial charge in [0.1, 0.15) is 5.75 Å². The lowest BCUT2D eigenvalue weighted by atomic mass is 9.49. The maximum atomic E-state index is 12.5. The molecule has 0 aromatic heterocycles. The van der Waals surface area contributed by atoms with Crippen LogP contribution in [-0.2, 0) is 9.59 Å². The molecule has 1 aromatic rings. The Kier molecular flexibility index (Phi) is 5.58. The van der Waals surface area contributed by atoms with Crippen LogP contribution in [0.3, 0.4) is 0 Å². The van der Waals surface area contributed by atoms with Crippen molar-refractivity contribution in [1.82, 2.24) is 10.9 Å². The molecule has 0 atom stereocenters. The van der Waals surface area contributed by atoms with Crippen LogP contribution in [0.4, 0.5) is 0 Å². The number of aryl methyl sites for hydroxylation is 1. The Balaban J connectivity index is 1.25. The summed E-state index contributed by atoms with van der Waals surface area (Å²) < 4.78 is 5.74. The highest BCUT2D eigenvalue weighted by Crippen LogP contribution is 2.61. The molecule has 0 heterocycles. The number of ether oxygens (including phenoxy) is 1. The second-order valence-corrected chi connectivity index (χ2v) is 10.2. The first-order chi connectivity index (χ1) is 13.8. The monoisotopic (exact) mass is 398 g/mol.